The number of ether oxygens (including phenoxy) is 2. The molecule has 2 N–H and O–H groups in total. The van der Waals surface area contributed by atoms with E-state index in [-0.39, 0.29) is 35.8 Å². The number of rotatable bonds is 8. The number of halogens is 4. The fourth-order valence-electron chi connectivity index (χ4n) is 8.69. The van der Waals surface area contributed by atoms with Gasteiger partial charge < -0.3 is 29.4 Å². The van der Waals surface area contributed by atoms with Gasteiger partial charge >= 0.3 is 12.1 Å². The lowest BCUT2D eigenvalue weighted by atomic mass is 9.66. The zero-order valence-corrected chi connectivity index (χ0v) is 28.8. The molecule has 2 bridgehead atoms. The molecule has 16 heteroatoms. The first kappa shape index (κ1) is 35.2. The second-order valence-corrected chi connectivity index (χ2v) is 14.7. The smallest absolute Gasteiger partial charge is 0.434 e. The Morgan fingerprint density at radius 2 is 1.70 bits per heavy atom. The van der Waals surface area contributed by atoms with Crippen molar-refractivity contribution in [3.63, 3.8) is 0 Å². The topological polar surface area (TPSA) is 145 Å². The highest BCUT2D eigenvalue weighted by Gasteiger charge is 2.42. The fraction of sp³-hybridized carbons (Fsp3) is 0.514. The minimum absolute atomic E-state index is 0.0617. The summed E-state index contributed by atoms with van der Waals surface area (Å²) in [4.78, 5) is 43.4. The lowest BCUT2D eigenvalue weighted by Crippen LogP contribution is -2.44. The molecule has 3 atom stereocenters. The molecule has 0 radical (unpaired) electrons. The first-order valence-electron chi connectivity index (χ1n) is 18.1. The van der Waals surface area contributed by atoms with Gasteiger partial charge in [0.2, 0.25) is 5.95 Å². The number of carbonyl (C=O) groups excluding carboxylic acids is 1. The summed E-state index contributed by atoms with van der Waals surface area (Å²) in [5.41, 5.74) is -0.848. The van der Waals surface area contributed by atoms with Gasteiger partial charge in [-0.05, 0) is 62.5 Å². The first-order valence-corrected chi connectivity index (χ1v) is 18.1. The van der Waals surface area contributed by atoms with Crippen LogP contribution in [0.5, 0.6) is 5.75 Å². The quantitative estimate of drug-likeness (QED) is 0.205. The van der Waals surface area contributed by atoms with E-state index in [1.165, 1.54) is 0 Å². The third-order valence-electron chi connectivity index (χ3n) is 11.1. The molecule has 4 aliphatic rings. The summed E-state index contributed by atoms with van der Waals surface area (Å²) in [6.07, 6.45) is 4.94. The Bertz CT molecular complexity index is 1980. The highest BCUT2D eigenvalue weighted by Crippen LogP contribution is 2.43. The molecule has 3 unspecified atom stereocenters. The van der Waals surface area contributed by atoms with Crippen molar-refractivity contribution in [3.05, 3.63) is 60.1 Å². The number of carboxylic acids is 1. The molecule has 2 saturated carbocycles. The number of aliphatic carboxylic acids is 1. The van der Waals surface area contributed by atoms with Gasteiger partial charge in [0.15, 0.2) is 17.3 Å². The van der Waals surface area contributed by atoms with E-state index in [1.54, 1.807) is 18.3 Å². The van der Waals surface area contributed by atoms with Crippen molar-refractivity contribution in [2.24, 2.45) is 17.8 Å². The Hall–Kier alpha value is -4.86. The molecule has 1 amide bonds. The SMILES string of the molecule is O=C(NC1CC2CC(C1)CC(C(=O)O)C2)c1cnc(-c2cn(C3CCOC3)c3cc(OC4CCN(c5ncc(F)cn5)CC4)ccc23)nc1C(F)(F)F. The highest BCUT2D eigenvalue weighted by atomic mass is 19.4. The molecule has 280 valence electrons. The van der Waals surface area contributed by atoms with E-state index < -0.39 is 41.0 Å². The van der Waals surface area contributed by atoms with Crippen molar-refractivity contribution in [2.45, 2.75) is 75.7 Å². The molecular formula is C37H39F4N7O5. The fourth-order valence-corrected chi connectivity index (χ4v) is 8.69. The summed E-state index contributed by atoms with van der Waals surface area (Å²) in [6, 6.07) is 5.02. The first-order chi connectivity index (χ1) is 25.5. The van der Waals surface area contributed by atoms with Crippen LogP contribution in [0.25, 0.3) is 22.3 Å². The summed E-state index contributed by atoms with van der Waals surface area (Å²) < 4.78 is 71.0. The number of aromatic nitrogens is 5. The van der Waals surface area contributed by atoms with Crippen molar-refractivity contribution in [1.82, 2.24) is 29.8 Å². The van der Waals surface area contributed by atoms with Gasteiger partial charge in [-0.1, -0.05) is 0 Å². The summed E-state index contributed by atoms with van der Waals surface area (Å²) in [5.74, 6) is -1.54. The molecule has 1 aromatic carbocycles. The van der Waals surface area contributed by atoms with Gasteiger partial charge in [0.25, 0.3) is 5.91 Å². The molecule has 2 aliphatic carbocycles. The van der Waals surface area contributed by atoms with E-state index in [2.05, 4.69) is 25.3 Å². The minimum Gasteiger partial charge on any atom is -0.490 e. The number of anilines is 1. The average Bonchev–Trinajstić information content (AvgIpc) is 3.80. The van der Waals surface area contributed by atoms with Crippen LogP contribution in [0, 0.1) is 23.6 Å². The molecule has 8 rings (SSSR count). The predicted molar refractivity (Wildman–Crippen MR) is 183 cm³/mol. The van der Waals surface area contributed by atoms with Crippen molar-refractivity contribution >= 4 is 28.7 Å². The molecule has 2 aliphatic heterocycles. The Labute approximate surface area is 301 Å². The zero-order chi connectivity index (χ0) is 36.9. The van der Waals surface area contributed by atoms with Crippen LogP contribution in [0.4, 0.5) is 23.5 Å². The van der Waals surface area contributed by atoms with Crippen molar-refractivity contribution < 1.29 is 41.7 Å². The molecule has 2 saturated heterocycles. The number of amides is 1. The Morgan fingerprint density at radius 3 is 2.36 bits per heavy atom. The zero-order valence-electron chi connectivity index (χ0n) is 28.8. The molecule has 53 heavy (non-hydrogen) atoms. The van der Waals surface area contributed by atoms with E-state index in [0.29, 0.717) is 93.9 Å². The Kier molecular flexibility index (Phi) is 9.41. The standard InChI is InChI=1S/C37H39F4N7O5/c38-23-15-43-36(44-16-23)47-6-3-26(4-7-47)53-27-1-2-28-30(18-48(31(28)14-27)25-5-8-52-19-25)33-42-17-29(32(46-33)37(39,40)41)34(49)45-24-12-20-9-21(13-24)11-22(10-20)35(50)51/h1-2,14-18,20-22,24-26H,3-13,19H2,(H,45,49)(H,50,51). The number of hydrogen-bond acceptors (Lipinski definition) is 9. The van der Waals surface area contributed by atoms with E-state index in [1.807, 2.05) is 15.5 Å². The highest BCUT2D eigenvalue weighted by molar-refractivity contribution is 5.97. The number of nitrogens with one attached hydrogen (secondary N) is 1. The number of hydrogen-bond donors (Lipinski definition) is 2. The van der Waals surface area contributed by atoms with Crippen LogP contribution in [0.15, 0.2) is 43.0 Å². The maximum atomic E-state index is 14.6. The van der Waals surface area contributed by atoms with Gasteiger partial charge in [-0.3, -0.25) is 9.59 Å². The third-order valence-corrected chi connectivity index (χ3v) is 11.1. The van der Waals surface area contributed by atoms with Crippen molar-refractivity contribution in [3.8, 4) is 17.1 Å². The van der Waals surface area contributed by atoms with Gasteiger partial charge in [-0.15, -0.1) is 0 Å². The van der Waals surface area contributed by atoms with Crippen LogP contribution in [-0.2, 0) is 15.7 Å². The van der Waals surface area contributed by atoms with Crippen molar-refractivity contribution in [1.29, 1.82) is 0 Å². The lowest BCUT2D eigenvalue weighted by Gasteiger charge is -2.41. The maximum Gasteiger partial charge on any atom is 0.434 e. The molecule has 4 aromatic rings. The third kappa shape index (κ3) is 7.37. The van der Waals surface area contributed by atoms with Crippen LogP contribution < -0.4 is 15.0 Å². The van der Waals surface area contributed by atoms with Crippen molar-refractivity contribution in [2.75, 3.05) is 31.2 Å². The molecule has 3 aromatic heterocycles. The van der Waals surface area contributed by atoms with Gasteiger partial charge in [-0.25, -0.2) is 24.3 Å². The predicted octanol–water partition coefficient (Wildman–Crippen LogP) is 6.06. The second-order valence-electron chi connectivity index (χ2n) is 14.7. The van der Waals surface area contributed by atoms with Crippen LogP contribution in [-0.4, -0.2) is 79.9 Å². The summed E-state index contributed by atoms with van der Waals surface area (Å²) in [6.45, 7) is 2.24. The van der Waals surface area contributed by atoms with E-state index >= 15 is 0 Å². The number of carbonyl (C=O) groups is 2. The van der Waals surface area contributed by atoms with E-state index in [4.69, 9.17) is 9.47 Å². The summed E-state index contributed by atoms with van der Waals surface area (Å²) in [7, 11) is 0. The minimum atomic E-state index is -4.93. The number of piperidine rings is 1. The van der Waals surface area contributed by atoms with E-state index in [0.717, 1.165) is 30.5 Å². The molecule has 4 fully saturated rings. The summed E-state index contributed by atoms with van der Waals surface area (Å²) in [5, 5.41) is 12.9. The van der Waals surface area contributed by atoms with Crippen LogP contribution >= 0.6 is 0 Å². The van der Waals surface area contributed by atoms with Gasteiger partial charge in [-0.2, -0.15) is 13.2 Å². The lowest BCUT2D eigenvalue weighted by molar-refractivity contribution is -0.144. The van der Waals surface area contributed by atoms with Gasteiger partial charge in [0.05, 0.1) is 42.0 Å². The maximum absolute atomic E-state index is 14.6. The van der Waals surface area contributed by atoms with Gasteiger partial charge in [0, 0.05) is 68.0 Å². The monoisotopic (exact) mass is 737 g/mol. The number of nitrogens with zero attached hydrogens (tertiary/aromatic N) is 6. The normalized spacial score (nSPS) is 25.1. The molecular weight excluding hydrogens is 698 g/mol. The number of benzene rings is 1. The average molecular weight is 738 g/mol. The molecule has 5 heterocycles. The van der Waals surface area contributed by atoms with Crippen LogP contribution in [0.2, 0.25) is 0 Å². The van der Waals surface area contributed by atoms with Gasteiger partial charge in [0.1, 0.15) is 11.9 Å². The molecule has 0 spiro atoms. The second kappa shape index (κ2) is 14.2. The molecule has 12 nitrogen and oxygen atoms in total. The Balaban J connectivity index is 1.03. The largest absolute Gasteiger partial charge is 0.490 e. The Morgan fingerprint density at radius 1 is 0.962 bits per heavy atom. The van der Waals surface area contributed by atoms with E-state index in [9.17, 15) is 32.3 Å². The number of carboxylic acid groups (broad SMARTS) is 1. The summed E-state index contributed by atoms with van der Waals surface area (Å²) >= 11 is 0. The number of fused-ring (bicyclic) bond motifs is 3. The number of alkyl halides is 3. The van der Waals surface area contributed by atoms with Crippen LogP contribution in [0.1, 0.15) is 73.5 Å². The van der Waals surface area contributed by atoms with Crippen LogP contribution in [0.3, 0.4) is 0 Å².